The van der Waals surface area contributed by atoms with E-state index in [0.29, 0.717) is 0 Å². The van der Waals surface area contributed by atoms with Crippen molar-refractivity contribution in [2.45, 2.75) is 27.7 Å². The van der Waals surface area contributed by atoms with Crippen LogP contribution in [0.15, 0.2) is 11.6 Å². The third-order valence-electron chi connectivity index (χ3n) is 1.48. The first kappa shape index (κ1) is 8.70. The fourth-order valence-corrected chi connectivity index (χ4v) is 0.761. The zero-order valence-electron chi connectivity index (χ0n) is 6.73. The molecule has 0 aromatic rings. The minimum absolute atomic E-state index is 0.128. The van der Waals surface area contributed by atoms with Crippen LogP contribution in [0.4, 0.5) is 0 Å². The van der Waals surface area contributed by atoms with Crippen LogP contribution in [0.1, 0.15) is 27.7 Å². The molecule has 0 unspecified atom stereocenters. The largest absolute Gasteiger partial charge is 0.392 e. The van der Waals surface area contributed by atoms with Crippen molar-refractivity contribution in [1.82, 2.24) is 0 Å². The predicted molar refractivity (Wildman–Crippen MR) is 40.3 cm³/mol. The molecular formula is C8H16O. The van der Waals surface area contributed by atoms with Gasteiger partial charge in [0.25, 0.3) is 0 Å². The summed E-state index contributed by atoms with van der Waals surface area (Å²) in [5.41, 5.74) is 1.23. The monoisotopic (exact) mass is 128 g/mol. The van der Waals surface area contributed by atoms with Gasteiger partial charge >= 0.3 is 0 Å². The summed E-state index contributed by atoms with van der Waals surface area (Å²) in [7, 11) is 0. The van der Waals surface area contributed by atoms with E-state index < -0.39 is 0 Å². The Kier molecular flexibility index (Phi) is 2.92. The van der Waals surface area contributed by atoms with Crippen LogP contribution in [-0.4, -0.2) is 11.7 Å². The molecule has 0 saturated carbocycles. The second-order valence-electron chi connectivity index (χ2n) is 3.22. The molecule has 1 nitrogen and oxygen atoms in total. The van der Waals surface area contributed by atoms with Crippen LogP contribution in [0.3, 0.4) is 0 Å². The minimum atomic E-state index is 0.128. The van der Waals surface area contributed by atoms with E-state index in [-0.39, 0.29) is 12.0 Å². The average Bonchev–Trinajstić information content (AvgIpc) is 1.65. The quantitative estimate of drug-likeness (QED) is 0.535. The van der Waals surface area contributed by atoms with Crippen molar-refractivity contribution < 1.29 is 5.11 Å². The lowest BCUT2D eigenvalue weighted by molar-refractivity contribution is 0.295. The van der Waals surface area contributed by atoms with Crippen molar-refractivity contribution in [3.8, 4) is 0 Å². The lowest BCUT2D eigenvalue weighted by Crippen LogP contribution is -2.12. The van der Waals surface area contributed by atoms with Gasteiger partial charge < -0.3 is 5.11 Å². The highest BCUT2D eigenvalue weighted by molar-refractivity contribution is 5.09. The molecule has 1 N–H and O–H groups in total. The van der Waals surface area contributed by atoms with Crippen molar-refractivity contribution >= 4 is 0 Å². The summed E-state index contributed by atoms with van der Waals surface area (Å²) in [4.78, 5) is 0. The van der Waals surface area contributed by atoms with Crippen LogP contribution in [0.5, 0.6) is 0 Å². The van der Waals surface area contributed by atoms with Gasteiger partial charge in [0.15, 0.2) is 0 Å². The van der Waals surface area contributed by atoms with E-state index in [4.69, 9.17) is 5.11 Å². The molecule has 0 atom stereocenters. The molecular weight excluding hydrogens is 112 g/mol. The Balaban J connectivity index is 4.14. The lowest BCUT2D eigenvalue weighted by atomic mass is 9.87. The molecule has 0 amide bonds. The Bertz CT molecular complexity index is 106. The van der Waals surface area contributed by atoms with Crippen LogP contribution >= 0.6 is 0 Å². The topological polar surface area (TPSA) is 20.2 Å². The molecule has 0 fully saturated rings. The normalized spacial score (nSPS) is 14.1. The number of aliphatic hydroxyl groups excluding tert-OH is 1. The van der Waals surface area contributed by atoms with Gasteiger partial charge in [-0.2, -0.15) is 0 Å². The first-order chi connectivity index (χ1) is 4.02. The molecule has 0 aromatic heterocycles. The maximum Gasteiger partial charge on any atom is 0.0646 e. The van der Waals surface area contributed by atoms with E-state index in [1.807, 2.05) is 13.0 Å². The molecule has 9 heavy (non-hydrogen) atoms. The lowest BCUT2D eigenvalue weighted by Gasteiger charge is -2.20. The molecule has 54 valence electrons. The van der Waals surface area contributed by atoms with Crippen molar-refractivity contribution in [3.63, 3.8) is 0 Å². The fourth-order valence-electron chi connectivity index (χ4n) is 0.761. The zero-order chi connectivity index (χ0) is 7.49. The fraction of sp³-hybridized carbons (Fsp3) is 0.750. The highest BCUT2D eigenvalue weighted by Crippen LogP contribution is 2.23. The van der Waals surface area contributed by atoms with Gasteiger partial charge in [0.2, 0.25) is 0 Å². The van der Waals surface area contributed by atoms with Gasteiger partial charge in [0.05, 0.1) is 6.61 Å². The van der Waals surface area contributed by atoms with E-state index in [1.54, 1.807) is 0 Å². The van der Waals surface area contributed by atoms with Crippen LogP contribution in [0, 0.1) is 5.41 Å². The third kappa shape index (κ3) is 2.66. The maximum atomic E-state index is 8.79. The zero-order valence-corrected chi connectivity index (χ0v) is 6.73. The summed E-state index contributed by atoms with van der Waals surface area (Å²) in [6.45, 7) is 8.42. The Labute approximate surface area is 57.4 Å². The van der Waals surface area contributed by atoms with E-state index in [0.717, 1.165) is 5.57 Å². The van der Waals surface area contributed by atoms with E-state index in [9.17, 15) is 0 Å². The van der Waals surface area contributed by atoms with Gasteiger partial charge in [0.1, 0.15) is 0 Å². The van der Waals surface area contributed by atoms with Gasteiger partial charge in [-0.1, -0.05) is 26.8 Å². The first-order valence-corrected chi connectivity index (χ1v) is 3.29. The van der Waals surface area contributed by atoms with Crippen LogP contribution in [0.25, 0.3) is 0 Å². The second-order valence-corrected chi connectivity index (χ2v) is 3.22. The smallest absolute Gasteiger partial charge is 0.0646 e. The van der Waals surface area contributed by atoms with Gasteiger partial charge in [-0.05, 0) is 17.9 Å². The standard InChI is InChI=1S/C8H16O/c1-5-7(6-9)8(2,3)4/h5,9H,6H2,1-4H3/b7-5-. The number of allylic oxidation sites excluding steroid dienone is 1. The van der Waals surface area contributed by atoms with Crippen LogP contribution in [-0.2, 0) is 0 Å². The van der Waals surface area contributed by atoms with Crippen molar-refractivity contribution in [3.05, 3.63) is 11.6 Å². The van der Waals surface area contributed by atoms with Gasteiger partial charge in [-0.15, -0.1) is 0 Å². The maximum absolute atomic E-state index is 8.79. The molecule has 0 heterocycles. The Morgan fingerprint density at radius 2 is 1.89 bits per heavy atom. The SMILES string of the molecule is C/C=C(/CO)C(C)(C)C. The molecule has 0 aliphatic rings. The molecule has 0 bridgehead atoms. The van der Waals surface area contributed by atoms with Gasteiger partial charge in [0, 0.05) is 0 Å². The molecule has 0 spiro atoms. The molecule has 0 rings (SSSR count). The van der Waals surface area contributed by atoms with E-state index in [2.05, 4.69) is 20.8 Å². The predicted octanol–water partition coefficient (Wildman–Crippen LogP) is 1.97. The van der Waals surface area contributed by atoms with Crippen molar-refractivity contribution in [1.29, 1.82) is 0 Å². The minimum Gasteiger partial charge on any atom is -0.392 e. The number of rotatable bonds is 1. The number of aliphatic hydroxyl groups is 1. The molecule has 1 heteroatoms. The van der Waals surface area contributed by atoms with E-state index in [1.165, 1.54) is 0 Å². The first-order valence-electron chi connectivity index (χ1n) is 3.29. The summed E-state index contributed by atoms with van der Waals surface area (Å²) in [5, 5.41) is 8.79. The highest BCUT2D eigenvalue weighted by atomic mass is 16.3. The molecule has 0 aliphatic heterocycles. The summed E-state index contributed by atoms with van der Waals surface area (Å²) in [6, 6.07) is 0. The van der Waals surface area contributed by atoms with Crippen LogP contribution in [0.2, 0.25) is 0 Å². The average molecular weight is 128 g/mol. The summed E-state index contributed by atoms with van der Waals surface area (Å²) < 4.78 is 0. The molecule has 0 aromatic carbocycles. The summed E-state index contributed by atoms with van der Waals surface area (Å²) >= 11 is 0. The third-order valence-corrected chi connectivity index (χ3v) is 1.48. The summed E-state index contributed by atoms with van der Waals surface area (Å²) in [5.74, 6) is 0. The number of hydrogen-bond acceptors (Lipinski definition) is 1. The van der Waals surface area contributed by atoms with Crippen LogP contribution < -0.4 is 0 Å². The summed E-state index contributed by atoms with van der Waals surface area (Å²) in [6.07, 6.45) is 1.97. The Morgan fingerprint density at radius 3 is 1.89 bits per heavy atom. The van der Waals surface area contributed by atoms with E-state index >= 15 is 0 Å². The molecule has 0 saturated heterocycles. The second kappa shape index (κ2) is 3.02. The van der Waals surface area contributed by atoms with Crippen molar-refractivity contribution in [2.75, 3.05) is 6.61 Å². The number of hydrogen-bond donors (Lipinski definition) is 1. The van der Waals surface area contributed by atoms with Gasteiger partial charge in [-0.3, -0.25) is 0 Å². The van der Waals surface area contributed by atoms with Crippen molar-refractivity contribution in [2.24, 2.45) is 5.41 Å². The highest BCUT2D eigenvalue weighted by Gasteiger charge is 2.13. The Morgan fingerprint density at radius 1 is 1.44 bits per heavy atom. The molecule has 0 aliphatic carbocycles. The molecule has 0 radical (unpaired) electrons. The Hall–Kier alpha value is -0.300. The van der Waals surface area contributed by atoms with Gasteiger partial charge in [-0.25, -0.2) is 0 Å².